The standard InChI is InChI=1S/C33H39N3O5/c1-7-9-27-18-25(19-29(40-8-2)31(27)41-21-24-12-10-23(5)11-13-24)20-34-36-33(38)30(22(3)4)35-32(37)26-14-16-28(39-6)17-15-26/h7,10-20,22,30H,1,8-9,21H2,2-6H3,(H,35,37)(H,36,38). The molecule has 0 aliphatic heterocycles. The molecule has 0 fully saturated rings. The van der Waals surface area contributed by atoms with E-state index in [1.165, 1.54) is 5.56 Å². The number of nitrogens with zero attached hydrogens (tertiary/aromatic N) is 1. The number of carbonyl (C=O) groups is 2. The number of hydrogen-bond donors (Lipinski definition) is 2. The van der Waals surface area contributed by atoms with E-state index in [1.54, 1.807) is 43.7 Å². The third kappa shape index (κ3) is 8.96. The molecule has 3 rings (SSSR count). The van der Waals surface area contributed by atoms with Crippen LogP contribution in [0.15, 0.2) is 78.4 Å². The Labute approximate surface area is 242 Å². The Morgan fingerprint density at radius 2 is 1.73 bits per heavy atom. The SMILES string of the molecule is C=CCc1cc(C=NNC(=O)C(NC(=O)c2ccc(OC)cc2)C(C)C)cc(OCC)c1OCc1ccc(C)cc1. The van der Waals surface area contributed by atoms with Crippen LogP contribution in [0.5, 0.6) is 17.2 Å². The lowest BCUT2D eigenvalue weighted by molar-refractivity contribution is -0.123. The number of aryl methyl sites for hydroxylation is 1. The summed E-state index contributed by atoms with van der Waals surface area (Å²) in [6, 6.07) is 17.8. The maximum absolute atomic E-state index is 13.0. The molecule has 0 aliphatic carbocycles. The molecule has 8 nitrogen and oxygen atoms in total. The first-order valence-electron chi connectivity index (χ1n) is 13.6. The van der Waals surface area contributed by atoms with Crippen molar-refractivity contribution in [3.8, 4) is 17.2 Å². The molecule has 0 aliphatic rings. The van der Waals surface area contributed by atoms with Crippen molar-refractivity contribution < 1.29 is 23.8 Å². The normalized spacial score (nSPS) is 11.7. The molecule has 0 heterocycles. The van der Waals surface area contributed by atoms with E-state index in [0.29, 0.717) is 42.4 Å². The number of rotatable bonds is 14. The van der Waals surface area contributed by atoms with Crippen molar-refractivity contribution in [2.75, 3.05) is 13.7 Å². The summed E-state index contributed by atoms with van der Waals surface area (Å²) in [5, 5.41) is 6.96. The van der Waals surface area contributed by atoms with Gasteiger partial charge in [0.25, 0.3) is 11.8 Å². The van der Waals surface area contributed by atoms with Crippen LogP contribution < -0.4 is 25.0 Å². The van der Waals surface area contributed by atoms with E-state index < -0.39 is 11.9 Å². The van der Waals surface area contributed by atoms with Crippen molar-refractivity contribution in [3.63, 3.8) is 0 Å². The van der Waals surface area contributed by atoms with Gasteiger partial charge in [0.2, 0.25) is 0 Å². The Kier molecular flexibility index (Phi) is 11.5. The number of amides is 2. The summed E-state index contributed by atoms with van der Waals surface area (Å²) in [5.74, 6) is 0.924. The second-order valence-corrected chi connectivity index (χ2v) is 9.87. The van der Waals surface area contributed by atoms with Crippen molar-refractivity contribution in [1.29, 1.82) is 0 Å². The van der Waals surface area contributed by atoms with E-state index in [0.717, 1.165) is 16.7 Å². The molecule has 1 unspecified atom stereocenters. The van der Waals surface area contributed by atoms with Gasteiger partial charge in [-0.3, -0.25) is 9.59 Å². The van der Waals surface area contributed by atoms with Gasteiger partial charge in [0, 0.05) is 11.1 Å². The average molecular weight is 558 g/mol. The van der Waals surface area contributed by atoms with Crippen molar-refractivity contribution >= 4 is 18.0 Å². The second kappa shape index (κ2) is 15.3. The van der Waals surface area contributed by atoms with Crippen LogP contribution in [0, 0.1) is 12.8 Å². The highest BCUT2D eigenvalue weighted by Gasteiger charge is 2.24. The van der Waals surface area contributed by atoms with Gasteiger partial charge >= 0.3 is 0 Å². The lowest BCUT2D eigenvalue weighted by Gasteiger charge is -2.20. The lowest BCUT2D eigenvalue weighted by atomic mass is 10.0. The van der Waals surface area contributed by atoms with Gasteiger partial charge in [0.05, 0.1) is 19.9 Å². The zero-order valence-corrected chi connectivity index (χ0v) is 24.4. The second-order valence-electron chi connectivity index (χ2n) is 9.87. The predicted octanol–water partition coefficient (Wildman–Crippen LogP) is 5.61. The summed E-state index contributed by atoms with van der Waals surface area (Å²) in [7, 11) is 1.56. The van der Waals surface area contributed by atoms with E-state index in [2.05, 4.69) is 34.6 Å². The molecular weight excluding hydrogens is 518 g/mol. The fourth-order valence-corrected chi connectivity index (χ4v) is 4.07. The predicted molar refractivity (Wildman–Crippen MR) is 162 cm³/mol. The maximum atomic E-state index is 13.0. The minimum Gasteiger partial charge on any atom is -0.497 e. The number of hydrazone groups is 1. The highest BCUT2D eigenvalue weighted by Crippen LogP contribution is 2.34. The van der Waals surface area contributed by atoms with Gasteiger partial charge in [-0.1, -0.05) is 49.8 Å². The fourth-order valence-electron chi connectivity index (χ4n) is 4.07. The Morgan fingerprint density at radius 3 is 2.34 bits per heavy atom. The molecule has 0 saturated carbocycles. The number of benzene rings is 3. The number of allylic oxidation sites excluding steroid dienone is 1. The third-order valence-electron chi connectivity index (χ3n) is 6.30. The van der Waals surface area contributed by atoms with Crippen molar-refractivity contribution in [2.45, 2.75) is 46.8 Å². The zero-order chi connectivity index (χ0) is 29.8. The lowest BCUT2D eigenvalue weighted by Crippen LogP contribution is -2.48. The van der Waals surface area contributed by atoms with Gasteiger partial charge in [-0.15, -0.1) is 6.58 Å². The molecule has 2 amide bonds. The Bertz CT molecular complexity index is 1350. The summed E-state index contributed by atoms with van der Waals surface area (Å²) in [6.07, 6.45) is 3.90. The maximum Gasteiger partial charge on any atom is 0.262 e. The van der Waals surface area contributed by atoms with Crippen LogP contribution in [0.3, 0.4) is 0 Å². The van der Waals surface area contributed by atoms with E-state index in [-0.39, 0.29) is 11.8 Å². The summed E-state index contributed by atoms with van der Waals surface area (Å²) in [5.41, 5.74) is 6.83. The molecule has 0 aromatic heterocycles. The number of ether oxygens (including phenoxy) is 3. The molecule has 3 aromatic rings. The number of methoxy groups -OCH3 is 1. The average Bonchev–Trinajstić information content (AvgIpc) is 2.96. The minimum absolute atomic E-state index is 0.166. The monoisotopic (exact) mass is 557 g/mol. The Morgan fingerprint density at radius 1 is 1.02 bits per heavy atom. The Balaban J connectivity index is 1.74. The molecule has 0 saturated heterocycles. The number of nitrogens with one attached hydrogen (secondary N) is 2. The summed E-state index contributed by atoms with van der Waals surface area (Å²) >= 11 is 0. The first kappa shape index (κ1) is 30.9. The van der Waals surface area contributed by atoms with Gasteiger partial charge in [0.15, 0.2) is 11.5 Å². The third-order valence-corrected chi connectivity index (χ3v) is 6.30. The molecule has 216 valence electrons. The highest BCUT2D eigenvalue weighted by atomic mass is 16.5. The molecule has 3 aromatic carbocycles. The first-order chi connectivity index (χ1) is 19.7. The minimum atomic E-state index is -0.783. The summed E-state index contributed by atoms with van der Waals surface area (Å²) < 4.78 is 17.3. The van der Waals surface area contributed by atoms with Crippen LogP contribution in [-0.4, -0.2) is 37.8 Å². The van der Waals surface area contributed by atoms with Crippen LogP contribution in [0.4, 0.5) is 0 Å². The van der Waals surface area contributed by atoms with E-state index in [1.807, 2.05) is 52.0 Å². The zero-order valence-electron chi connectivity index (χ0n) is 24.4. The largest absolute Gasteiger partial charge is 0.497 e. The van der Waals surface area contributed by atoms with Gasteiger partial charge in [-0.25, -0.2) is 5.43 Å². The molecule has 2 N–H and O–H groups in total. The summed E-state index contributed by atoms with van der Waals surface area (Å²) in [6.45, 7) is 12.4. The van der Waals surface area contributed by atoms with Crippen LogP contribution in [0.2, 0.25) is 0 Å². The topological polar surface area (TPSA) is 98.3 Å². The molecule has 0 spiro atoms. The molecule has 0 bridgehead atoms. The van der Waals surface area contributed by atoms with Crippen LogP contribution in [0.1, 0.15) is 53.4 Å². The molecular formula is C33H39N3O5. The summed E-state index contributed by atoms with van der Waals surface area (Å²) in [4.78, 5) is 25.7. The van der Waals surface area contributed by atoms with Crippen molar-refractivity contribution in [3.05, 3.63) is 101 Å². The van der Waals surface area contributed by atoms with E-state index >= 15 is 0 Å². The number of hydrogen-bond acceptors (Lipinski definition) is 6. The van der Waals surface area contributed by atoms with Crippen LogP contribution in [-0.2, 0) is 17.8 Å². The van der Waals surface area contributed by atoms with Gasteiger partial charge in [0.1, 0.15) is 18.4 Å². The highest BCUT2D eigenvalue weighted by molar-refractivity contribution is 5.97. The van der Waals surface area contributed by atoms with Gasteiger partial charge < -0.3 is 19.5 Å². The molecule has 1 atom stereocenters. The molecule has 41 heavy (non-hydrogen) atoms. The van der Waals surface area contributed by atoms with Crippen LogP contribution in [0.25, 0.3) is 0 Å². The molecule has 8 heteroatoms. The van der Waals surface area contributed by atoms with E-state index in [9.17, 15) is 9.59 Å². The van der Waals surface area contributed by atoms with Crippen molar-refractivity contribution in [2.24, 2.45) is 11.0 Å². The number of carbonyl (C=O) groups excluding carboxylic acids is 2. The van der Waals surface area contributed by atoms with Crippen LogP contribution >= 0.6 is 0 Å². The van der Waals surface area contributed by atoms with Gasteiger partial charge in [-0.05, 0) is 73.7 Å². The van der Waals surface area contributed by atoms with Crippen molar-refractivity contribution in [1.82, 2.24) is 10.7 Å². The smallest absolute Gasteiger partial charge is 0.262 e. The first-order valence-corrected chi connectivity index (χ1v) is 13.6. The Hall–Kier alpha value is -4.59. The fraction of sp³-hybridized carbons (Fsp3) is 0.303. The van der Waals surface area contributed by atoms with E-state index in [4.69, 9.17) is 14.2 Å². The molecule has 0 radical (unpaired) electrons. The van der Waals surface area contributed by atoms with Gasteiger partial charge in [-0.2, -0.15) is 5.10 Å². The quantitative estimate of drug-likeness (QED) is 0.152.